The second kappa shape index (κ2) is 4.28. The maximum absolute atomic E-state index is 11.6. The summed E-state index contributed by atoms with van der Waals surface area (Å²) in [6.45, 7) is 6.73. The zero-order chi connectivity index (χ0) is 10.8. The van der Waals surface area contributed by atoms with Crippen LogP contribution in [0.1, 0.15) is 33.6 Å². The predicted octanol–water partition coefficient (Wildman–Crippen LogP) is 1.18. The lowest BCUT2D eigenvalue weighted by Crippen LogP contribution is -2.42. The van der Waals surface area contributed by atoms with Crippen molar-refractivity contribution in [3.63, 3.8) is 0 Å². The SMILES string of the molecule is CC(C)(C)OC(=O)C([O])N1CCCC1. The fraction of sp³-hybridized carbons (Fsp3) is 0.900. The maximum atomic E-state index is 11.6. The Balaban J connectivity index is 2.43. The minimum absolute atomic E-state index is 0.570. The Morgan fingerprint density at radius 3 is 2.21 bits per heavy atom. The highest BCUT2D eigenvalue weighted by molar-refractivity contribution is 5.74. The molecule has 81 valence electrons. The van der Waals surface area contributed by atoms with Gasteiger partial charge >= 0.3 is 5.97 Å². The predicted molar refractivity (Wildman–Crippen MR) is 51.1 cm³/mol. The van der Waals surface area contributed by atoms with Gasteiger partial charge in [0.05, 0.1) is 0 Å². The van der Waals surface area contributed by atoms with Crippen LogP contribution in [-0.2, 0) is 14.6 Å². The zero-order valence-electron chi connectivity index (χ0n) is 9.08. The number of hydrogen-bond acceptors (Lipinski definition) is 3. The van der Waals surface area contributed by atoms with Crippen molar-refractivity contribution >= 4 is 5.97 Å². The molecule has 0 aromatic heterocycles. The summed E-state index contributed by atoms with van der Waals surface area (Å²) in [6.07, 6.45) is 0.667. The third-order valence-electron chi connectivity index (χ3n) is 2.08. The molecule has 1 saturated heterocycles. The number of esters is 1. The molecule has 0 bridgehead atoms. The quantitative estimate of drug-likeness (QED) is 0.629. The van der Waals surface area contributed by atoms with Crippen molar-refractivity contribution in [1.29, 1.82) is 0 Å². The molecule has 0 N–H and O–H groups in total. The fourth-order valence-corrected chi connectivity index (χ4v) is 1.48. The molecule has 1 unspecified atom stereocenters. The number of hydrogen-bond donors (Lipinski definition) is 0. The first-order chi connectivity index (χ1) is 6.40. The Bertz CT molecular complexity index is 204. The summed E-state index contributed by atoms with van der Waals surface area (Å²) in [6, 6.07) is 0. The van der Waals surface area contributed by atoms with Crippen molar-refractivity contribution < 1.29 is 14.6 Å². The van der Waals surface area contributed by atoms with Gasteiger partial charge in [-0.2, -0.15) is 0 Å². The summed E-state index contributed by atoms with van der Waals surface area (Å²) in [5.41, 5.74) is -0.570. The van der Waals surface area contributed by atoms with E-state index in [1.165, 1.54) is 0 Å². The van der Waals surface area contributed by atoms with E-state index in [2.05, 4.69) is 0 Å². The highest BCUT2D eigenvalue weighted by atomic mass is 16.6. The lowest BCUT2D eigenvalue weighted by atomic mass is 10.2. The van der Waals surface area contributed by atoms with E-state index in [-0.39, 0.29) is 0 Å². The Kier molecular flexibility index (Phi) is 3.50. The first-order valence-electron chi connectivity index (χ1n) is 5.03. The van der Waals surface area contributed by atoms with Gasteiger partial charge < -0.3 is 4.74 Å². The molecule has 4 nitrogen and oxygen atoms in total. The third-order valence-corrected chi connectivity index (χ3v) is 2.08. The summed E-state index contributed by atoms with van der Waals surface area (Å²) in [4.78, 5) is 13.0. The van der Waals surface area contributed by atoms with Gasteiger partial charge in [0, 0.05) is 13.1 Å². The fourth-order valence-electron chi connectivity index (χ4n) is 1.48. The van der Waals surface area contributed by atoms with Gasteiger partial charge in [-0.1, -0.05) is 0 Å². The summed E-state index contributed by atoms with van der Waals surface area (Å²) in [5, 5.41) is 11.6. The molecule has 1 radical (unpaired) electrons. The van der Waals surface area contributed by atoms with Gasteiger partial charge in [-0.25, -0.2) is 9.90 Å². The molecule has 0 saturated carbocycles. The number of ether oxygens (including phenoxy) is 1. The number of carbonyl (C=O) groups excluding carboxylic acids is 1. The van der Waals surface area contributed by atoms with E-state index in [4.69, 9.17) is 4.74 Å². The molecule has 1 heterocycles. The van der Waals surface area contributed by atoms with Gasteiger partial charge in [0.1, 0.15) is 5.60 Å². The van der Waals surface area contributed by atoms with Crippen LogP contribution in [0.2, 0.25) is 0 Å². The van der Waals surface area contributed by atoms with Crippen LogP contribution in [0.3, 0.4) is 0 Å². The number of likely N-dealkylation sites (tertiary alicyclic amines) is 1. The highest BCUT2D eigenvalue weighted by Gasteiger charge is 2.31. The number of carbonyl (C=O) groups is 1. The Hall–Kier alpha value is -0.610. The van der Waals surface area contributed by atoms with Crippen LogP contribution in [-0.4, -0.2) is 35.8 Å². The monoisotopic (exact) mass is 200 g/mol. The topological polar surface area (TPSA) is 49.4 Å². The third kappa shape index (κ3) is 3.27. The van der Waals surface area contributed by atoms with Crippen LogP contribution >= 0.6 is 0 Å². The van der Waals surface area contributed by atoms with Crippen LogP contribution in [0, 0.1) is 0 Å². The van der Waals surface area contributed by atoms with E-state index < -0.39 is 17.8 Å². The Morgan fingerprint density at radius 1 is 1.29 bits per heavy atom. The summed E-state index contributed by atoms with van der Waals surface area (Å²) in [5.74, 6) is -0.653. The number of rotatable bonds is 2. The lowest BCUT2D eigenvalue weighted by Gasteiger charge is -2.24. The maximum Gasteiger partial charge on any atom is 0.354 e. The van der Waals surface area contributed by atoms with Crippen molar-refractivity contribution in [3.05, 3.63) is 0 Å². The molecule has 0 aromatic carbocycles. The molecule has 1 atom stereocenters. The van der Waals surface area contributed by atoms with Crippen molar-refractivity contribution in [2.24, 2.45) is 0 Å². The van der Waals surface area contributed by atoms with E-state index in [1.54, 1.807) is 25.7 Å². The Morgan fingerprint density at radius 2 is 1.79 bits per heavy atom. The lowest BCUT2D eigenvalue weighted by molar-refractivity contribution is -0.181. The molecule has 1 fully saturated rings. The molecule has 0 aliphatic carbocycles. The van der Waals surface area contributed by atoms with E-state index in [0.717, 1.165) is 12.8 Å². The normalized spacial score (nSPS) is 20.9. The standard InChI is InChI=1S/C10H18NO3/c1-10(2,3)14-9(13)8(12)11-6-4-5-7-11/h8H,4-7H2,1-3H3. The van der Waals surface area contributed by atoms with Gasteiger partial charge in [-0.3, -0.25) is 4.90 Å². The van der Waals surface area contributed by atoms with Crippen molar-refractivity contribution in [2.75, 3.05) is 13.1 Å². The molecule has 1 aliphatic rings. The van der Waals surface area contributed by atoms with E-state index in [9.17, 15) is 9.90 Å². The van der Waals surface area contributed by atoms with Crippen LogP contribution in [0.15, 0.2) is 0 Å². The molecule has 14 heavy (non-hydrogen) atoms. The first kappa shape index (κ1) is 11.5. The molecule has 0 amide bonds. The smallest absolute Gasteiger partial charge is 0.354 e. The van der Waals surface area contributed by atoms with Crippen LogP contribution in [0.25, 0.3) is 0 Å². The average molecular weight is 200 g/mol. The van der Waals surface area contributed by atoms with E-state index in [0.29, 0.717) is 13.1 Å². The van der Waals surface area contributed by atoms with Crippen molar-refractivity contribution in [3.8, 4) is 0 Å². The second-order valence-corrected chi connectivity index (χ2v) is 4.63. The highest BCUT2D eigenvalue weighted by Crippen LogP contribution is 2.14. The Labute approximate surface area is 84.8 Å². The van der Waals surface area contributed by atoms with Crippen molar-refractivity contribution in [2.45, 2.75) is 45.4 Å². The second-order valence-electron chi connectivity index (χ2n) is 4.63. The zero-order valence-corrected chi connectivity index (χ0v) is 9.08. The van der Waals surface area contributed by atoms with Gasteiger partial charge in [0.15, 0.2) is 0 Å². The minimum Gasteiger partial charge on any atom is -0.457 e. The number of nitrogens with zero attached hydrogens (tertiary/aromatic N) is 1. The van der Waals surface area contributed by atoms with Gasteiger partial charge in [-0.05, 0) is 33.6 Å². The molecule has 4 heteroatoms. The molecule has 1 aliphatic heterocycles. The van der Waals surface area contributed by atoms with Crippen LogP contribution < -0.4 is 0 Å². The van der Waals surface area contributed by atoms with Crippen LogP contribution in [0.5, 0.6) is 0 Å². The minimum atomic E-state index is -1.34. The van der Waals surface area contributed by atoms with Crippen molar-refractivity contribution in [1.82, 2.24) is 4.90 Å². The first-order valence-corrected chi connectivity index (χ1v) is 5.03. The largest absolute Gasteiger partial charge is 0.457 e. The van der Waals surface area contributed by atoms with Gasteiger partial charge in [0.2, 0.25) is 6.23 Å². The van der Waals surface area contributed by atoms with E-state index in [1.807, 2.05) is 0 Å². The molecule has 0 aromatic rings. The van der Waals surface area contributed by atoms with E-state index >= 15 is 0 Å². The molecular formula is C10H18NO3. The molecule has 1 rings (SSSR count). The van der Waals surface area contributed by atoms with Gasteiger partial charge in [-0.15, -0.1) is 0 Å². The summed E-state index contributed by atoms with van der Waals surface area (Å²) >= 11 is 0. The molecule has 0 spiro atoms. The van der Waals surface area contributed by atoms with Gasteiger partial charge in [0.25, 0.3) is 0 Å². The van der Waals surface area contributed by atoms with Crippen LogP contribution in [0.4, 0.5) is 0 Å². The molecular weight excluding hydrogens is 182 g/mol. The average Bonchev–Trinajstić information content (AvgIpc) is 2.51. The summed E-state index contributed by atoms with van der Waals surface area (Å²) < 4.78 is 5.02. The summed E-state index contributed by atoms with van der Waals surface area (Å²) in [7, 11) is 0.